The van der Waals surface area contributed by atoms with E-state index in [9.17, 15) is 9.59 Å². The lowest BCUT2D eigenvalue weighted by Gasteiger charge is -2.32. The number of carbonyl (C=O) groups is 2. The maximum atomic E-state index is 12.8. The van der Waals surface area contributed by atoms with Crippen LogP contribution in [0.25, 0.3) is 5.69 Å². The first kappa shape index (κ1) is 19.9. The molecule has 0 bridgehead atoms. The van der Waals surface area contributed by atoms with Crippen molar-refractivity contribution in [1.82, 2.24) is 19.6 Å². The number of hydrogen-bond donors (Lipinski definition) is 0. The Morgan fingerprint density at radius 2 is 1.82 bits per heavy atom. The van der Waals surface area contributed by atoms with Gasteiger partial charge >= 0.3 is 12.0 Å². The predicted molar refractivity (Wildman–Crippen MR) is 107 cm³/mol. The van der Waals surface area contributed by atoms with Crippen molar-refractivity contribution in [2.75, 3.05) is 26.2 Å². The van der Waals surface area contributed by atoms with Gasteiger partial charge in [-0.3, -0.25) is 0 Å². The summed E-state index contributed by atoms with van der Waals surface area (Å²) in [4.78, 5) is 28.9. The van der Waals surface area contributed by atoms with Crippen LogP contribution < -0.4 is 0 Å². The van der Waals surface area contributed by atoms with Crippen molar-refractivity contribution in [3.63, 3.8) is 0 Å². The third kappa shape index (κ3) is 3.74. The van der Waals surface area contributed by atoms with Gasteiger partial charge in [0.2, 0.25) is 0 Å². The van der Waals surface area contributed by atoms with Crippen LogP contribution in [0.15, 0.2) is 24.3 Å². The topological polar surface area (TPSA) is 67.7 Å². The van der Waals surface area contributed by atoms with E-state index in [0.717, 1.165) is 22.5 Å². The summed E-state index contributed by atoms with van der Waals surface area (Å²) >= 11 is 0. The molecule has 1 aromatic heterocycles. The molecule has 7 nitrogen and oxygen atoms in total. The van der Waals surface area contributed by atoms with E-state index in [-0.39, 0.29) is 12.6 Å². The van der Waals surface area contributed by atoms with Gasteiger partial charge in [-0.1, -0.05) is 17.7 Å². The van der Waals surface area contributed by atoms with Gasteiger partial charge in [0.1, 0.15) is 0 Å². The van der Waals surface area contributed by atoms with Crippen LogP contribution in [0, 0.1) is 6.92 Å². The minimum absolute atomic E-state index is 0.00598. The van der Waals surface area contributed by atoms with Crippen molar-refractivity contribution < 1.29 is 14.3 Å². The number of aryl methyl sites for hydroxylation is 1. The normalized spacial score (nSPS) is 13.2. The molecule has 0 atom stereocenters. The average molecular weight is 384 g/mol. The highest BCUT2D eigenvalue weighted by atomic mass is 16.5. The highest BCUT2D eigenvalue weighted by molar-refractivity contribution is 5.89. The van der Waals surface area contributed by atoms with E-state index in [1.54, 1.807) is 16.7 Å². The van der Waals surface area contributed by atoms with Gasteiger partial charge < -0.3 is 14.5 Å². The lowest BCUT2D eigenvalue weighted by atomic mass is 10.0. The molecule has 0 saturated heterocycles. The number of rotatable bonds is 5. The first-order valence-corrected chi connectivity index (χ1v) is 9.88. The number of urea groups is 1. The van der Waals surface area contributed by atoms with Crippen molar-refractivity contribution in [2.45, 2.75) is 40.7 Å². The Kier molecular flexibility index (Phi) is 6.02. The average Bonchev–Trinajstić information content (AvgIpc) is 3.08. The zero-order valence-electron chi connectivity index (χ0n) is 17.1. The molecule has 2 aromatic rings. The number of ether oxygens (including phenoxy) is 1. The van der Waals surface area contributed by atoms with Crippen LogP contribution in [0.5, 0.6) is 0 Å². The Morgan fingerprint density at radius 1 is 1.14 bits per heavy atom. The van der Waals surface area contributed by atoms with Crippen molar-refractivity contribution >= 4 is 12.0 Å². The first-order valence-electron chi connectivity index (χ1n) is 9.88. The van der Waals surface area contributed by atoms with Crippen molar-refractivity contribution in [1.29, 1.82) is 0 Å². The van der Waals surface area contributed by atoms with E-state index in [1.807, 2.05) is 49.7 Å². The lowest BCUT2D eigenvalue weighted by molar-refractivity contribution is 0.0516. The van der Waals surface area contributed by atoms with Gasteiger partial charge in [0.25, 0.3) is 0 Å². The number of nitrogens with zero attached hydrogens (tertiary/aromatic N) is 4. The molecule has 2 heterocycles. The second-order valence-corrected chi connectivity index (χ2v) is 6.87. The predicted octanol–water partition coefficient (Wildman–Crippen LogP) is 3.18. The Balaban J connectivity index is 2.00. The molecule has 1 aromatic carbocycles. The number of fused-ring (bicyclic) bond motifs is 1. The molecule has 0 aliphatic carbocycles. The third-order valence-corrected chi connectivity index (χ3v) is 5.11. The number of amides is 2. The molecule has 0 fully saturated rings. The summed E-state index contributed by atoms with van der Waals surface area (Å²) in [5, 5.41) is 4.58. The highest BCUT2D eigenvalue weighted by Gasteiger charge is 2.32. The minimum Gasteiger partial charge on any atom is -0.461 e. The molecule has 28 heavy (non-hydrogen) atoms. The summed E-state index contributed by atoms with van der Waals surface area (Å²) in [6.07, 6.45) is 0.641. The molecule has 0 saturated carbocycles. The molecule has 0 N–H and O–H groups in total. The SMILES string of the molecule is CCOC(=O)c1nn(-c2ccc(C)cc2)c2c1CN(C(=O)N(CC)CC)CC2. The summed E-state index contributed by atoms with van der Waals surface area (Å²) in [5.41, 5.74) is 4.11. The van der Waals surface area contributed by atoms with Crippen LogP contribution in [0.4, 0.5) is 4.79 Å². The molecule has 1 aliphatic rings. The Hall–Kier alpha value is -2.83. The monoisotopic (exact) mass is 384 g/mol. The first-order chi connectivity index (χ1) is 13.5. The molecule has 0 radical (unpaired) electrons. The number of carbonyl (C=O) groups excluding carboxylic acids is 2. The van der Waals surface area contributed by atoms with Crippen LogP contribution in [-0.4, -0.2) is 57.8 Å². The Morgan fingerprint density at radius 3 is 2.43 bits per heavy atom. The molecule has 2 amide bonds. The smallest absolute Gasteiger partial charge is 0.359 e. The van der Waals surface area contributed by atoms with Crippen LogP contribution in [0.1, 0.15) is 48.1 Å². The Bertz CT molecular complexity index is 853. The second kappa shape index (κ2) is 8.46. The quantitative estimate of drug-likeness (QED) is 0.743. The van der Waals surface area contributed by atoms with Crippen molar-refractivity contribution in [3.05, 3.63) is 46.8 Å². The number of hydrogen-bond acceptors (Lipinski definition) is 4. The minimum atomic E-state index is -0.443. The summed E-state index contributed by atoms with van der Waals surface area (Å²) in [5.74, 6) is -0.443. The summed E-state index contributed by atoms with van der Waals surface area (Å²) < 4.78 is 7.04. The van der Waals surface area contributed by atoms with E-state index in [2.05, 4.69) is 5.10 Å². The third-order valence-electron chi connectivity index (χ3n) is 5.11. The standard InChI is InChI=1S/C21H28N4O3/c1-5-23(6-2)21(27)24-13-12-18-17(14-24)19(20(26)28-7-3)22-25(18)16-10-8-15(4)9-11-16/h8-11H,5-7,12-14H2,1-4H3. The van der Waals surface area contributed by atoms with E-state index in [0.29, 0.717) is 38.3 Å². The van der Waals surface area contributed by atoms with Gasteiger partial charge in [-0.15, -0.1) is 0 Å². The molecule has 1 aliphatic heterocycles. The van der Waals surface area contributed by atoms with Crippen LogP contribution in [0.2, 0.25) is 0 Å². The number of aromatic nitrogens is 2. The summed E-state index contributed by atoms with van der Waals surface area (Å²) in [6.45, 7) is 10.3. The Labute approximate surface area is 165 Å². The van der Waals surface area contributed by atoms with Gasteiger partial charge in [0, 0.05) is 31.6 Å². The molecule has 0 spiro atoms. The fourth-order valence-electron chi connectivity index (χ4n) is 3.54. The van der Waals surface area contributed by atoms with Crippen LogP contribution in [0.3, 0.4) is 0 Å². The van der Waals surface area contributed by atoms with Crippen LogP contribution >= 0.6 is 0 Å². The van der Waals surface area contributed by atoms with Crippen molar-refractivity contribution in [3.8, 4) is 5.69 Å². The van der Waals surface area contributed by atoms with E-state index < -0.39 is 5.97 Å². The molecular formula is C21H28N4O3. The zero-order valence-corrected chi connectivity index (χ0v) is 17.1. The summed E-state index contributed by atoms with van der Waals surface area (Å²) in [6, 6.07) is 8.02. The molecule has 3 rings (SSSR count). The van der Waals surface area contributed by atoms with E-state index >= 15 is 0 Å². The highest BCUT2D eigenvalue weighted by Crippen LogP contribution is 2.27. The zero-order chi connectivity index (χ0) is 20.3. The lowest BCUT2D eigenvalue weighted by Crippen LogP contribution is -2.45. The van der Waals surface area contributed by atoms with Gasteiger partial charge in [-0.05, 0) is 39.8 Å². The molecule has 0 unspecified atom stereocenters. The number of benzene rings is 1. The van der Waals surface area contributed by atoms with E-state index in [1.165, 1.54) is 0 Å². The van der Waals surface area contributed by atoms with E-state index in [4.69, 9.17) is 4.74 Å². The maximum absolute atomic E-state index is 12.8. The van der Waals surface area contributed by atoms with Crippen molar-refractivity contribution in [2.24, 2.45) is 0 Å². The fraction of sp³-hybridized carbons (Fsp3) is 0.476. The van der Waals surface area contributed by atoms with Gasteiger partial charge in [0.15, 0.2) is 5.69 Å². The van der Waals surface area contributed by atoms with Gasteiger partial charge in [0.05, 0.1) is 24.5 Å². The fourth-order valence-corrected chi connectivity index (χ4v) is 3.54. The second-order valence-electron chi connectivity index (χ2n) is 6.87. The largest absolute Gasteiger partial charge is 0.461 e. The van der Waals surface area contributed by atoms with Crippen LogP contribution in [-0.2, 0) is 17.7 Å². The number of esters is 1. The summed E-state index contributed by atoms with van der Waals surface area (Å²) in [7, 11) is 0. The molecule has 150 valence electrons. The maximum Gasteiger partial charge on any atom is 0.359 e. The molecular weight excluding hydrogens is 356 g/mol. The van der Waals surface area contributed by atoms with Gasteiger partial charge in [-0.25, -0.2) is 14.3 Å². The molecule has 7 heteroatoms. The van der Waals surface area contributed by atoms with Gasteiger partial charge in [-0.2, -0.15) is 5.10 Å².